The number of rotatable bonds is 3. The van der Waals surface area contributed by atoms with Crippen LogP contribution in [0.2, 0.25) is 0 Å². The highest BCUT2D eigenvalue weighted by Gasteiger charge is 2.29. The molecule has 0 aliphatic carbocycles. The molecule has 122 valence electrons. The molecule has 3 heterocycles. The molecule has 1 aromatic carbocycles. The Hall–Kier alpha value is -2.96. The van der Waals surface area contributed by atoms with Crippen LogP contribution < -0.4 is 0 Å². The summed E-state index contributed by atoms with van der Waals surface area (Å²) in [5.74, 6) is -0.312. The summed E-state index contributed by atoms with van der Waals surface area (Å²) >= 11 is 0. The molecule has 3 aromatic rings. The number of carbonyl (C=O) groups excluding carboxylic acids is 1. The number of halogens is 1. The van der Waals surface area contributed by atoms with Gasteiger partial charge in [0.25, 0.3) is 5.91 Å². The van der Waals surface area contributed by atoms with Crippen LogP contribution in [-0.4, -0.2) is 43.9 Å². The number of amides is 1. The second kappa shape index (κ2) is 5.92. The second-order valence-corrected chi connectivity index (χ2v) is 5.89. The van der Waals surface area contributed by atoms with Gasteiger partial charge in [0.15, 0.2) is 0 Å². The lowest BCUT2D eigenvalue weighted by Gasteiger charge is -2.15. The van der Waals surface area contributed by atoms with E-state index in [1.165, 1.54) is 12.1 Å². The number of likely N-dealkylation sites (tertiary alicyclic amines) is 1. The van der Waals surface area contributed by atoms with Crippen molar-refractivity contribution < 1.29 is 9.18 Å². The minimum Gasteiger partial charge on any atom is -0.357 e. The summed E-state index contributed by atoms with van der Waals surface area (Å²) < 4.78 is 14.8. The number of benzene rings is 1. The highest BCUT2D eigenvalue weighted by Crippen LogP contribution is 2.24. The molecule has 0 saturated carbocycles. The van der Waals surface area contributed by atoms with Gasteiger partial charge in [-0.15, -0.1) is 5.10 Å². The summed E-state index contributed by atoms with van der Waals surface area (Å²) in [6.45, 7) is 1.31. The summed E-state index contributed by atoms with van der Waals surface area (Å²) in [7, 11) is 0. The van der Waals surface area contributed by atoms with Crippen LogP contribution >= 0.6 is 0 Å². The van der Waals surface area contributed by atoms with E-state index in [1.807, 2.05) is 11.1 Å². The molecule has 1 atom stereocenters. The first-order chi connectivity index (χ1) is 11.7. The fraction of sp³-hybridized carbons (Fsp3) is 0.235. The van der Waals surface area contributed by atoms with Crippen LogP contribution in [-0.2, 0) is 0 Å². The molecule has 24 heavy (non-hydrogen) atoms. The summed E-state index contributed by atoms with van der Waals surface area (Å²) in [5, 5.41) is 7.82. The molecular weight excluding hydrogens is 309 g/mol. The van der Waals surface area contributed by atoms with Crippen molar-refractivity contribution in [3.8, 4) is 11.1 Å². The van der Waals surface area contributed by atoms with Gasteiger partial charge in [-0.25, -0.2) is 9.07 Å². The van der Waals surface area contributed by atoms with Gasteiger partial charge in [0.2, 0.25) is 0 Å². The number of nitrogens with zero attached hydrogens (tertiary/aromatic N) is 4. The predicted octanol–water partition coefficient (Wildman–Crippen LogP) is 2.50. The van der Waals surface area contributed by atoms with E-state index < -0.39 is 0 Å². The van der Waals surface area contributed by atoms with Gasteiger partial charge in [-0.1, -0.05) is 17.3 Å². The van der Waals surface area contributed by atoms with Crippen molar-refractivity contribution in [3.05, 3.63) is 60.4 Å². The third-order valence-electron chi connectivity index (χ3n) is 4.36. The third kappa shape index (κ3) is 2.68. The lowest BCUT2D eigenvalue weighted by Crippen LogP contribution is -2.29. The normalized spacial score (nSPS) is 17.4. The fourth-order valence-electron chi connectivity index (χ4n) is 3.05. The maximum Gasteiger partial charge on any atom is 0.270 e. The van der Waals surface area contributed by atoms with E-state index in [2.05, 4.69) is 15.3 Å². The largest absolute Gasteiger partial charge is 0.357 e. The van der Waals surface area contributed by atoms with Gasteiger partial charge in [-0.05, 0) is 35.7 Å². The SMILES string of the molecule is O=C(c1cc(-c2ccc(F)cc2)c[nH]1)N1CCC(n2ccnn2)C1. The fourth-order valence-corrected chi connectivity index (χ4v) is 3.05. The molecular formula is C17H16FN5O. The Bertz CT molecular complexity index is 840. The Labute approximate surface area is 137 Å². The van der Waals surface area contributed by atoms with E-state index in [0.29, 0.717) is 18.8 Å². The number of nitrogens with one attached hydrogen (secondary N) is 1. The van der Waals surface area contributed by atoms with Gasteiger partial charge in [0.05, 0.1) is 12.2 Å². The first-order valence-corrected chi connectivity index (χ1v) is 7.80. The minimum absolute atomic E-state index is 0.0361. The molecule has 7 heteroatoms. The van der Waals surface area contributed by atoms with Crippen molar-refractivity contribution in [1.29, 1.82) is 0 Å². The van der Waals surface area contributed by atoms with Crippen LogP contribution in [0.5, 0.6) is 0 Å². The van der Waals surface area contributed by atoms with E-state index in [4.69, 9.17) is 0 Å². The second-order valence-electron chi connectivity index (χ2n) is 5.89. The first kappa shape index (κ1) is 14.6. The molecule has 0 spiro atoms. The van der Waals surface area contributed by atoms with Gasteiger partial charge in [-0.3, -0.25) is 4.79 Å². The summed E-state index contributed by atoms with van der Waals surface area (Å²) in [4.78, 5) is 17.5. The molecule has 6 nitrogen and oxygen atoms in total. The average molecular weight is 325 g/mol. The molecule has 1 aliphatic heterocycles. The molecule has 1 amide bonds. The molecule has 2 aromatic heterocycles. The van der Waals surface area contributed by atoms with Crippen LogP contribution in [0.3, 0.4) is 0 Å². The highest BCUT2D eigenvalue weighted by molar-refractivity contribution is 5.94. The first-order valence-electron chi connectivity index (χ1n) is 7.80. The van der Waals surface area contributed by atoms with Gasteiger partial charge >= 0.3 is 0 Å². The van der Waals surface area contributed by atoms with Crippen molar-refractivity contribution in [1.82, 2.24) is 24.9 Å². The highest BCUT2D eigenvalue weighted by atomic mass is 19.1. The maximum absolute atomic E-state index is 13.0. The molecule has 4 rings (SSSR count). The van der Waals surface area contributed by atoms with Crippen molar-refractivity contribution >= 4 is 5.91 Å². The monoisotopic (exact) mass is 325 g/mol. The molecule has 1 N–H and O–H groups in total. The topological polar surface area (TPSA) is 66.8 Å². The Morgan fingerprint density at radius 1 is 1.25 bits per heavy atom. The van der Waals surface area contributed by atoms with Gasteiger partial charge < -0.3 is 9.88 Å². The number of carbonyl (C=O) groups is 1. The van der Waals surface area contributed by atoms with E-state index in [1.54, 1.807) is 35.3 Å². The quantitative estimate of drug-likeness (QED) is 0.804. The Kier molecular flexibility index (Phi) is 3.60. The van der Waals surface area contributed by atoms with E-state index in [9.17, 15) is 9.18 Å². The van der Waals surface area contributed by atoms with Crippen LogP contribution in [0.25, 0.3) is 11.1 Å². The summed E-state index contributed by atoms with van der Waals surface area (Å²) in [6, 6.07) is 8.19. The third-order valence-corrected chi connectivity index (χ3v) is 4.36. The van der Waals surface area contributed by atoms with Crippen LogP contribution in [0.4, 0.5) is 4.39 Å². The van der Waals surface area contributed by atoms with Gasteiger partial charge in [0.1, 0.15) is 11.5 Å². The van der Waals surface area contributed by atoms with E-state index in [0.717, 1.165) is 17.5 Å². The molecule has 0 bridgehead atoms. The standard InChI is InChI=1S/C17H16FN5O/c18-14-3-1-12(2-4-14)13-9-16(19-10-13)17(24)22-7-5-15(11-22)23-8-6-20-21-23/h1-4,6,8-10,15,19H,5,7,11H2. The zero-order valence-electron chi connectivity index (χ0n) is 12.9. The minimum atomic E-state index is -0.276. The Morgan fingerprint density at radius 3 is 2.83 bits per heavy atom. The number of hydrogen-bond acceptors (Lipinski definition) is 3. The zero-order chi connectivity index (χ0) is 16.5. The van der Waals surface area contributed by atoms with Crippen molar-refractivity contribution in [2.45, 2.75) is 12.5 Å². The van der Waals surface area contributed by atoms with Crippen LogP contribution in [0.15, 0.2) is 48.9 Å². The zero-order valence-corrected chi connectivity index (χ0v) is 12.9. The summed E-state index contributed by atoms with van der Waals surface area (Å²) in [6.07, 6.45) is 6.09. The molecule has 1 saturated heterocycles. The van der Waals surface area contributed by atoms with Crippen LogP contribution in [0.1, 0.15) is 23.0 Å². The summed E-state index contributed by atoms with van der Waals surface area (Å²) in [5.41, 5.74) is 2.27. The molecule has 0 radical (unpaired) electrons. The number of H-pyrrole nitrogens is 1. The number of aromatic amines is 1. The van der Waals surface area contributed by atoms with Crippen LogP contribution in [0, 0.1) is 5.82 Å². The van der Waals surface area contributed by atoms with E-state index in [-0.39, 0.29) is 17.8 Å². The lowest BCUT2D eigenvalue weighted by molar-refractivity contribution is 0.0782. The number of hydrogen-bond donors (Lipinski definition) is 1. The Morgan fingerprint density at radius 2 is 2.08 bits per heavy atom. The predicted molar refractivity (Wildman–Crippen MR) is 85.8 cm³/mol. The van der Waals surface area contributed by atoms with Crippen molar-refractivity contribution in [2.24, 2.45) is 0 Å². The maximum atomic E-state index is 13.0. The smallest absolute Gasteiger partial charge is 0.270 e. The molecule has 1 fully saturated rings. The van der Waals surface area contributed by atoms with Gasteiger partial charge in [-0.2, -0.15) is 0 Å². The van der Waals surface area contributed by atoms with Crippen molar-refractivity contribution in [3.63, 3.8) is 0 Å². The molecule has 1 unspecified atom stereocenters. The lowest BCUT2D eigenvalue weighted by atomic mass is 10.1. The van der Waals surface area contributed by atoms with Crippen molar-refractivity contribution in [2.75, 3.05) is 13.1 Å². The number of aromatic nitrogens is 4. The Balaban J connectivity index is 1.48. The van der Waals surface area contributed by atoms with E-state index >= 15 is 0 Å². The average Bonchev–Trinajstić information content (AvgIpc) is 3.34. The molecule has 1 aliphatic rings. The van der Waals surface area contributed by atoms with Gasteiger partial charge in [0, 0.05) is 25.5 Å².